The van der Waals surface area contributed by atoms with Crippen molar-refractivity contribution in [3.8, 4) is 0 Å². The molecule has 0 saturated heterocycles. The van der Waals surface area contributed by atoms with Gasteiger partial charge in [0.25, 0.3) is 0 Å². The summed E-state index contributed by atoms with van der Waals surface area (Å²) in [5, 5.41) is 8.68. The third-order valence-corrected chi connectivity index (χ3v) is 3.54. The second-order valence-electron chi connectivity index (χ2n) is 3.81. The average molecular weight is 280 g/mol. The van der Waals surface area contributed by atoms with Crippen LogP contribution in [0.2, 0.25) is 0 Å². The zero-order valence-electron chi connectivity index (χ0n) is 9.67. The Morgan fingerprint density at radius 3 is 2.24 bits per heavy atom. The fraction of sp³-hybridized carbons (Fsp3) is 0.455. The summed E-state index contributed by atoms with van der Waals surface area (Å²) in [7, 11) is -3.14. The number of benzene rings is 1. The van der Waals surface area contributed by atoms with Crippen LogP contribution in [0, 0.1) is 0 Å². The summed E-state index contributed by atoms with van der Waals surface area (Å²) < 4.78 is 22.4. The number of nitrogens with two attached hydrogens (primary N) is 1. The van der Waals surface area contributed by atoms with Crippen LogP contribution in [0.4, 0.5) is 0 Å². The number of sulfone groups is 1. The van der Waals surface area contributed by atoms with E-state index in [1.165, 1.54) is 6.26 Å². The van der Waals surface area contributed by atoms with Gasteiger partial charge in [-0.15, -0.1) is 12.4 Å². The highest BCUT2D eigenvalue weighted by Crippen LogP contribution is 2.18. The zero-order valence-corrected chi connectivity index (χ0v) is 11.3. The Labute approximate surface area is 108 Å². The average Bonchev–Trinajstić information content (AvgIpc) is 2.25. The van der Waals surface area contributed by atoms with E-state index in [-0.39, 0.29) is 25.1 Å². The van der Waals surface area contributed by atoms with E-state index in [1.54, 1.807) is 24.3 Å². The first kappa shape index (κ1) is 16.4. The fourth-order valence-electron chi connectivity index (χ4n) is 1.44. The normalized spacial score (nSPS) is 12.9. The van der Waals surface area contributed by atoms with Crippen LogP contribution in [0.3, 0.4) is 0 Å². The summed E-state index contributed by atoms with van der Waals surface area (Å²) in [5.41, 5.74) is 6.77. The van der Waals surface area contributed by atoms with E-state index >= 15 is 0 Å². The lowest BCUT2D eigenvalue weighted by atomic mass is 10.0. The molecule has 0 amide bonds. The largest absolute Gasteiger partial charge is 0.396 e. The monoisotopic (exact) mass is 279 g/mol. The minimum Gasteiger partial charge on any atom is -0.396 e. The molecule has 0 aliphatic rings. The maximum absolute atomic E-state index is 11.2. The molecular formula is C11H18ClNO3S. The molecule has 0 bridgehead atoms. The molecule has 1 aromatic rings. The number of hydrogen-bond acceptors (Lipinski definition) is 4. The molecular weight excluding hydrogens is 262 g/mol. The lowest BCUT2D eigenvalue weighted by molar-refractivity contribution is 0.280. The van der Waals surface area contributed by atoms with Crippen LogP contribution in [0.1, 0.15) is 24.4 Å². The van der Waals surface area contributed by atoms with Gasteiger partial charge >= 0.3 is 0 Å². The topological polar surface area (TPSA) is 80.4 Å². The second-order valence-corrected chi connectivity index (χ2v) is 5.83. The fourth-order valence-corrected chi connectivity index (χ4v) is 2.07. The molecule has 4 nitrogen and oxygen atoms in total. The van der Waals surface area contributed by atoms with Crippen LogP contribution in [0.25, 0.3) is 0 Å². The van der Waals surface area contributed by atoms with Crippen LogP contribution in [0.5, 0.6) is 0 Å². The molecule has 6 heteroatoms. The van der Waals surface area contributed by atoms with Gasteiger partial charge in [0.15, 0.2) is 9.84 Å². The van der Waals surface area contributed by atoms with Crippen molar-refractivity contribution < 1.29 is 13.5 Å². The third kappa shape index (κ3) is 5.04. The van der Waals surface area contributed by atoms with Crippen molar-refractivity contribution in [2.75, 3.05) is 12.9 Å². The SMILES string of the molecule is CS(=O)(=O)c1ccc([C@@H](N)CCCO)cc1.Cl. The lowest BCUT2D eigenvalue weighted by Gasteiger charge is -2.11. The number of aliphatic hydroxyl groups is 1. The highest BCUT2D eigenvalue weighted by atomic mass is 35.5. The number of hydrogen-bond donors (Lipinski definition) is 2. The van der Waals surface area contributed by atoms with Crippen LogP contribution in [0.15, 0.2) is 29.2 Å². The summed E-state index contributed by atoms with van der Waals surface area (Å²) in [4.78, 5) is 0.297. The standard InChI is InChI=1S/C11H17NO3S.ClH/c1-16(14,15)10-6-4-9(5-7-10)11(12)3-2-8-13;/h4-7,11,13H,2-3,8,12H2,1H3;1H/t11-;/m0./s1. The van der Waals surface area contributed by atoms with Crippen LogP contribution in [-0.2, 0) is 9.84 Å². The van der Waals surface area contributed by atoms with E-state index in [1.807, 2.05) is 0 Å². The Balaban J connectivity index is 0.00000256. The first-order chi connectivity index (χ1) is 7.45. The van der Waals surface area contributed by atoms with Crippen molar-refractivity contribution in [1.82, 2.24) is 0 Å². The van der Waals surface area contributed by atoms with Crippen molar-refractivity contribution in [2.45, 2.75) is 23.8 Å². The van der Waals surface area contributed by atoms with E-state index in [9.17, 15) is 8.42 Å². The predicted octanol–water partition coefficient (Wildman–Crippen LogP) is 1.28. The third-order valence-electron chi connectivity index (χ3n) is 2.41. The van der Waals surface area contributed by atoms with E-state index in [0.29, 0.717) is 17.7 Å². The summed E-state index contributed by atoms with van der Waals surface area (Å²) in [6, 6.07) is 6.41. The van der Waals surface area contributed by atoms with Gasteiger partial charge in [0.1, 0.15) is 0 Å². The van der Waals surface area contributed by atoms with Crippen molar-refractivity contribution in [1.29, 1.82) is 0 Å². The molecule has 1 aromatic carbocycles. The molecule has 1 rings (SSSR count). The lowest BCUT2D eigenvalue weighted by Crippen LogP contribution is -2.11. The molecule has 0 saturated carbocycles. The highest BCUT2D eigenvalue weighted by molar-refractivity contribution is 7.90. The van der Waals surface area contributed by atoms with Gasteiger partial charge in [0, 0.05) is 18.9 Å². The van der Waals surface area contributed by atoms with Gasteiger partial charge < -0.3 is 10.8 Å². The van der Waals surface area contributed by atoms with E-state index in [4.69, 9.17) is 10.8 Å². The van der Waals surface area contributed by atoms with Crippen LogP contribution in [-0.4, -0.2) is 26.4 Å². The molecule has 0 fully saturated rings. The van der Waals surface area contributed by atoms with Gasteiger partial charge in [-0.1, -0.05) is 12.1 Å². The molecule has 0 heterocycles. The van der Waals surface area contributed by atoms with E-state index in [2.05, 4.69) is 0 Å². The Morgan fingerprint density at radius 1 is 1.29 bits per heavy atom. The van der Waals surface area contributed by atoms with Gasteiger partial charge in [-0.2, -0.15) is 0 Å². The smallest absolute Gasteiger partial charge is 0.175 e. The van der Waals surface area contributed by atoms with Crippen LogP contribution >= 0.6 is 12.4 Å². The molecule has 0 aromatic heterocycles. The molecule has 0 aliphatic carbocycles. The Morgan fingerprint density at radius 2 is 1.82 bits per heavy atom. The number of aliphatic hydroxyl groups excluding tert-OH is 1. The van der Waals surface area contributed by atoms with Crippen molar-refractivity contribution in [3.63, 3.8) is 0 Å². The number of halogens is 1. The summed E-state index contributed by atoms with van der Waals surface area (Å²) >= 11 is 0. The molecule has 3 N–H and O–H groups in total. The van der Waals surface area contributed by atoms with Gasteiger partial charge in [0.2, 0.25) is 0 Å². The Kier molecular flexibility index (Phi) is 6.70. The van der Waals surface area contributed by atoms with Gasteiger partial charge in [-0.25, -0.2) is 8.42 Å². The summed E-state index contributed by atoms with van der Waals surface area (Å²) in [6.07, 6.45) is 2.51. The predicted molar refractivity (Wildman–Crippen MR) is 70.0 cm³/mol. The van der Waals surface area contributed by atoms with Crippen molar-refractivity contribution in [2.24, 2.45) is 5.73 Å². The zero-order chi connectivity index (χ0) is 12.2. The van der Waals surface area contributed by atoms with Gasteiger partial charge in [0.05, 0.1) is 4.90 Å². The first-order valence-electron chi connectivity index (χ1n) is 5.11. The number of rotatable bonds is 5. The molecule has 17 heavy (non-hydrogen) atoms. The molecule has 0 radical (unpaired) electrons. The molecule has 98 valence electrons. The Hall–Kier alpha value is -0.620. The second kappa shape index (κ2) is 6.96. The maximum Gasteiger partial charge on any atom is 0.175 e. The molecule has 1 atom stereocenters. The van der Waals surface area contributed by atoms with Gasteiger partial charge in [-0.05, 0) is 30.5 Å². The maximum atomic E-state index is 11.2. The Bertz CT molecular complexity index is 431. The van der Waals surface area contributed by atoms with Gasteiger partial charge in [-0.3, -0.25) is 0 Å². The minimum atomic E-state index is -3.14. The van der Waals surface area contributed by atoms with Crippen molar-refractivity contribution in [3.05, 3.63) is 29.8 Å². The van der Waals surface area contributed by atoms with Crippen LogP contribution < -0.4 is 5.73 Å². The summed E-state index contributed by atoms with van der Waals surface area (Å²) in [5.74, 6) is 0. The highest BCUT2D eigenvalue weighted by Gasteiger charge is 2.09. The first-order valence-corrected chi connectivity index (χ1v) is 7.00. The quantitative estimate of drug-likeness (QED) is 0.851. The van der Waals surface area contributed by atoms with E-state index in [0.717, 1.165) is 5.56 Å². The van der Waals surface area contributed by atoms with Crippen molar-refractivity contribution >= 4 is 22.2 Å². The van der Waals surface area contributed by atoms with E-state index < -0.39 is 9.84 Å². The molecule has 0 unspecified atom stereocenters. The summed E-state index contributed by atoms with van der Waals surface area (Å²) in [6.45, 7) is 0.120. The minimum absolute atomic E-state index is 0. The molecule has 0 spiro atoms. The molecule has 0 aliphatic heterocycles.